The molecule has 0 atom stereocenters. The number of hydrogen-bond acceptors (Lipinski definition) is 2. The number of nitrogens with zero attached hydrogens (tertiary/aromatic N) is 1. The fraction of sp³-hybridized carbons (Fsp3) is 0.700. The van der Waals surface area contributed by atoms with E-state index in [0.29, 0.717) is 0 Å². The van der Waals surface area contributed by atoms with Crippen LogP contribution in [0.15, 0.2) is 0 Å². The van der Waals surface area contributed by atoms with Crippen molar-refractivity contribution in [2.75, 3.05) is 0 Å². The van der Waals surface area contributed by atoms with Crippen molar-refractivity contribution in [1.82, 2.24) is 9.97 Å². The van der Waals surface area contributed by atoms with Crippen LogP contribution in [0, 0.1) is 6.92 Å². The monoisotopic (exact) mass is 179 g/mol. The van der Waals surface area contributed by atoms with Crippen molar-refractivity contribution in [3.8, 4) is 0 Å². The SMILES string of the molecule is CCCc1nc(C2(N)CC2)[nH]c1C. The molecule has 13 heavy (non-hydrogen) atoms. The Morgan fingerprint density at radius 3 is 2.77 bits per heavy atom. The molecule has 0 aliphatic heterocycles. The Bertz CT molecular complexity index is 310. The van der Waals surface area contributed by atoms with Gasteiger partial charge < -0.3 is 10.7 Å². The maximum atomic E-state index is 6.05. The van der Waals surface area contributed by atoms with E-state index >= 15 is 0 Å². The van der Waals surface area contributed by atoms with Crippen molar-refractivity contribution in [2.45, 2.75) is 45.1 Å². The molecule has 2 rings (SSSR count). The number of aromatic amines is 1. The standard InChI is InChI=1S/C10H17N3/c1-3-4-8-7(2)12-9(13-8)10(11)5-6-10/h3-6,11H2,1-2H3,(H,12,13). The molecule has 0 aromatic carbocycles. The minimum atomic E-state index is -0.114. The third-order valence-corrected chi connectivity index (χ3v) is 2.73. The van der Waals surface area contributed by atoms with Crippen LogP contribution in [0.25, 0.3) is 0 Å². The number of rotatable bonds is 3. The second-order valence-electron chi connectivity index (χ2n) is 4.06. The van der Waals surface area contributed by atoms with Gasteiger partial charge in [-0.15, -0.1) is 0 Å². The van der Waals surface area contributed by atoms with E-state index in [1.54, 1.807) is 0 Å². The minimum absolute atomic E-state index is 0.114. The van der Waals surface area contributed by atoms with Gasteiger partial charge in [0.25, 0.3) is 0 Å². The lowest BCUT2D eigenvalue weighted by Gasteiger charge is -2.01. The maximum Gasteiger partial charge on any atom is 0.126 e. The van der Waals surface area contributed by atoms with Gasteiger partial charge in [-0.2, -0.15) is 0 Å². The molecule has 3 N–H and O–H groups in total. The molecular formula is C10H17N3. The lowest BCUT2D eigenvalue weighted by Crippen LogP contribution is -2.20. The van der Waals surface area contributed by atoms with Crippen molar-refractivity contribution < 1.29 is 0 Å². The molecule has 1 aromatic rings. The molecule has 0 saturated heterocycles. The maximum absolute atomic E-state index is 6.05. The van der Waals surface area contributed by atoms with Crippen molar-refractivity contribution in [3.05, 3.63) is 17.2 Å². The predicted octanol–water partition coefficient (Wildman–Crippen LogP) is 1.62. The first-order valence-electron chi connectivity index (χ1n) is 5.00. The largest absolute Gasteiger partial charge is 0.344 e. The molecule has 1 heterocycles. The highest BCUT2D eigenvalue weighted by Crippen LogP contribution is 2.41. The Balaban J connectivity index is 2.24. The molecule has 0 amide bonds. The molecule has 0 unspecified atom stereocenters. The molecular weight excluding hydrogens is 162 g/mol. The second-order valence-corrected chi connectivity index (χ2v) is 4.06. The summed E-state index contributed by atoms with van der Waals surface area (Å²) >= 11 is 0. The first kappa shape index (κ1) is 8.75. The summed E-state index contributed by atoms with van der Waals surface area (Å²) in [6, 6.07) is 0. The van der Waals surface area contributed by atoms with Crippen LogP contribution in [-0.2, 0) is 12.0 Å². The number of hydrogen-bond donors (Lipinski definition) is 2. The average molecular weight is 179 g/mol. The Labute approximate surface area is 78.7 Å². The highest BCUT2D eigenvalue weighted by molar-refractivity contribution is 5.22. The zero-order valence-corrected chi connectivity index (χ0v) is 8.35. The summed E-state index contributed by atoms with van der Waals surface area (Å²) in [6.07, 6.45) is 4.35. The highest BCUT2D eigenvalue weighted by atomic mass is 15.0. The van der Waals surface area contributed by atoms with E-state index in [1.165, 1.54) is 11.4 Å². The number of H-pyrrole nitrogens is 1. The zero-order valence-electron chi connectivity index (χ0n) is 8.35. The van der Waals surface area contributed by atoms with Crippen LogP contribution in [0.5, 0.6) is 0 Å². The normalized spacial score (nSPS) is 19.0. The molecule has 1 aliphatic carbocycles. The van der Waals surface area contributed by atoms with Crippen LogP contribution in [0.4, 0.5) is 0 Å². The van der Waals surface area contributed by atoms with E-state index in [-0.39, 0.29) is 5.54 Å². The molecule has 1 aliphatic rings. The van der Waals surface area contributed by atoms with Crippen molar-refractivity contribution in [2.24, 2.45) is 5.73 Å². The minimum Gasteiger partial charge on any atom is -0.344 e. The van der Waals surface area contributed by atoms with Gasteiger partial charge in [-0.05, 0) is 26.2 Å². The molecule has 1 fully saturated rings. The molecule has 0 bridgehead atoms. The van der Waals surface area contributed by atoms with Gasteiger partial charge in [-0.3, -0.25) is 0 Å². The summed E-state index contributed by atoms with van der Waals surface area (Å²) in [5, 5.41) is 0. The van der Waals surface area contributed by atoms with E-state index in [2.05, 4.69) is 23.8 Å². The van der Waals surface area contributed by atoms with Crippen molar-refractivity contribution in [3.63, 3.8) is 0 Å². The first-order valence-corrected chi connectivity index (χ1v) is 5.00. The van der Waals surface area contributed by atoms with E-state index in [9.17, 15) is 0 Å². The Morgan fingerprint density at radius 2 is 2.23 bits per heavy atom. The second kappa shape index (κ2) is 2.84. The molecule has 72 valence electrons. The molecule has 3 heteroatoms. The Morgan fingerprint density at radius 1 is 1.54 bits per heavy atom. The lowest BCUT2D eigenvalue weighted by atomic mass is 10.2. The van der Waals surface area contributed by atoms with Gasteiger partial charge >= 0.3 is 0 Å². The third-order valence-electron chi connectivity index (χ3n) is 2.73. The van der Waals surface area contributed by atoms with Crippen LogP contribution in [0.1, 0.15) is 43.4 Å². The smallest absolute Gasteiger partial charge is 0.126 e. The van der Waals surface area contributed by atoms with Crippen LogP contribution >= 0.6 is 0 Å². The first-order chi connectivity index (χ1) is 6.15. The fourth-order valence-corrected chi connectivity index (χ4v) is 1.58. The van der Waals surface area contributed by atoms with Gasteiger partial charge in [0.05, 0.1) is 11.2 Å². The third kappa shape index (κ3) is 1.48. The summed E-state index contributed by atoms with van der Waals surface area (Å²) < 4.78 is 0. The zero-order chi connectivity index (χ0) is 9.47. The number of nitrogens with one attached hydrogen (secondary N) is 1. The van der Waals surface area contributed by atoms with E-state index in [0.717, 1.165) is 31.5 Å². The van der Waals surface area contributed by atoms with Crippen LogP contribution in [-0.4, -0.2) is 9.97 Å². The van der Waals surface area contributed by atoms with Gasteiger partial charge in [0.1, 0.15) is 5.82 Å². The van der Waals surface area contributed by atoms with E-state index < -0.39 is 0 Å². The van der Waals surface area contributed by atoms with Gasteiger partial charge in [-0.25, -0.2) is 4.98 Å². The summed E-state index contributed by atoms with van der Waals surface area (Å²) in [7, 11) is 0. The summed E-state index contributed by atoms with van der Waals surface area (Å²) in [5.74, 6) is 0.994. The Hall–Kier alpha value is -0.830. The quantitative estimate of drug-likeness (QED) is 0.740. The van der Waals surface area contributed by atoms with E-state index in [1.807, 2.05) is 0 Å². The van der Waals surface area contributed by atoms with Gasteiger partial charge in [0, 0.05) is 5.69 Å². The van der Waals surface area contributed by atoms with Crippen LogP contribution in [0.3, 0.4) is 0 Å². The molecule has 1 aromatic heterocycles. The van der Waals surface area contributed by atoms with Crippen molar-refractivity contribution >= 4 is 0 Å². The van der Waals surface area contributed by atoms with Gasteiger partial charge in [-0.1, -0.05) is 13.3 Å². The van der Waals surface area contributed by atoms with Gasteiger partial charge in [0.2, 0.25) is 0 Å². The van der Waals surface area contributed by atoms with E-state index in [4.69, 9.17) is 5.73 Å². The number of imidazole rings is 1. The molecule has 3 nitrogen and oxygen atoms in total. The fourth-order valence-electron chi connectivity index (χ4n) is 1.58. The van der Waals surface area contributed by atoms with Gasteiger partial charge in [0.15, 0.2) is 0 Å². The molecule has 1 saturated carbocycles. The lowest BCUT2D eigenvalue weighted by molar-refractivity contribution is 0.680. The van der Waals surface area contributed by atoms with Crippen LogP contribution < -0.4 is 5.73 Å². The number of aromatic nitrogens is 2. The predicted molar refractivity (Wildman–Crippen MR) is 52.4 cm³/mol. The highest BCUT2D eigenvalue weighted by Gasteiger charge is 2.43. The number of aryl methyl sites for hydroxylation is 2. The summed E-state index contributed by atoms with van der Waals surface area (Å²) in [4.78, 5) is 7.85. The van der Waals surface area contributed by atoms with Crippen LogP contribution in [0.2, 0.25) is 0 Å². The molecule has 0 radical (unpaired) electrons. The topological polar surface area (TPSA) is 54.7 Å². The number of nitrogens with two attached hydrogens (primary N) is 1. The average Bonchev–Trinajstić information content (AvgIpc) is 2.72. The summed E-state index contributed by atoms with van der Waals surface area (Å²) in [6.45, 7) is 4.25. The summed E-state index contributed by atoms with van der Waals surface area (Å²) in [5.41, 5.74) is 8.32. The Kier molecular flexibility index (Phi) is 1.91. The van der Waals surface area contributed by atoms with Crippen molar-refractivity contribution in [1.29, 1.82) is 0 Å². The molecule has 0 spiro atoms.